The van der Waals surface area contributed by atoms with Crippen LogP contribution in [0.25, 0.3) is 0 Å². The third-order valence-electron chi connectivity index (χ3n) is 13.8. The monoisotopic (exact) mass is 1690 g/mol. The van der Waals surface area contributed by atoms with E-state index in [0.717, 1.165) is 35.8 Å². The molecule has 0 unspecified atom stereocenters. The van der Waals surface area contributed by atoms with Crippen molar-refractivity contribution in [2.45, 2.75) is 33.9 Å². The summed E-state index contributed by atoms with van der Waals surface area (Å²) in [7, 11) is -7.09. The van der Waals surface area contributed by atoms with Gasteiger partial charge in [-0.15, -0.1) is 0 Å². The maximum absolute atomic E-state index is 13.8. The topological polar surface area (TPSA) is 342 Å². The average Bonchev–Trinajstić information content (AvgIpc) is 0.795. The Hall–Kier alpha value is -6.14. The smallest absolute Gasteiger partial charge is 0.744 e. The fourth-order valence-corrected chi connectivity index (χ4v) is 11.2. The molecule has 0 N–H and O–H groups in total. The van der Waals surface area contributed by atoms with Crippen LogP contribution in [0.15, 0.2) is 274 Å². The summed E-state index contributed by atoms with van der Waals surface area (Å²) in [5.41, 5.74) is -0.254. The second-order valence-electron chi connectivity index (χ2n) is 21.1. The predicted molar refractivity (Wildman–Crippen MR) is 377 cm³/mol. The van der Waals surface area contributed by atoms with Gasteiger partial charge in [-0.3, -0.25) is 24.0 Å². The second-order valence-corrected chi connectivity index (χ2v) is 32.9. The number of ether oxygens (including phenoxy) is 3. The molecule has 0 aliphatic carbocycles. The van der Waals surface area contributed by atoms with Gasteiger partial charge >= 0.3 is 130 Å². The van der Waals surface area contributed by atoms with Gasteiger partial charge < -0.3 is 32.4 Å². The van der Waals surface area contributed by atoms with E-state index in [2.05, 4.69) is 0 Å². The molecule has 0 bridgehead atoms. The Morgan fingerprint density at radius 3 is 0.764 bits per heavy atom. The fraction of sp³-hybridized carbons (Fsp3) is 0.0274. The molecule has 37 heteroatoms. The first-order chi connectivity index (χ1) is 49.4. The zero-order valence-corrected chi connectivity index (χ0v) is 71.8. The van der Waals surface area contributed by atoms with E-state index in [4.69, 9.17) is 44.4 Å². The molecule has 0 fully saturated rings. The van der Waals surface area contributed by atoms with Crippen molar-refractivity contribution in [2.75, 3.05) is 0 Å². The van der Waals surface area contributed by atoms with Crippen LogP contribution in [0, 0.1) is 29.1 Å². The van der Waals surface area contributed by atoms with E-state index in [9.17, 15) is 97.8 Å². The Morgan fingerprint density at radius 1 is 0.300 bits per heavy atom. The van der Waals surface area contributed by atoms with Crippen molar-refractivity contribution in [3.8, 4) is 34.5 Å². The molecule has 0 saturated heterocycles. The first-order valence-electron chi connectivity index (χ1n) is 29.3. The quantitative estimate of drug-likeness (QED) is 0.0479. The Labute approximate surface area is 734 Å². The average molecular weight is 1690 g/mol. The van der Waals surface area contributed by atoms with Crippen molar-refractivity contribution >= 4 is 111 Å². The Balaban J connectivity index is 0.000000554. The fourth-order valence-electron chi connectivity index (χ4n) is 8.80. The Kier molecular flexibility index (Phi) is 41.5. The standard InChI is InChI=1S/C26H16F2O15S4.C26H16F2O3.C12H10O.C8H7FO.CH4.Al.3ClH.4Na/c27-17-5-1-13(9-21(17)44(31,32)33)25(29)15-3-7-19(23(11-15)46(37,38)39)43-20-8-4-16(12-24(20)47(40,41)42)26(30)14-2-6-18(28)22(10-14)45(34,35)36;27-21-9-1-17(2-10-21)25(29)19-5-13-23(14-6-19)31-24-15-7-20(8-16-24)26(30)18-3-11-22(28)12-4-18;1-3-7-11(8-4-1)13-12-9-5-2-6-10-12;1-6(10)7-2-4-8(9)5-3-7;;;;;;;;;/h1-12H,(H,31,32,33)(H,34,35,36)(H,37,38,39)(H,40,41,42);1-16H;1-10H;2-5H,1H3;1H4;;3*1H;;;;/q;;;;;+3;;;;4*+1/p-7. The second kappa shape index (κ2) is 45.7. The normalized spacial score (nSPS) is 10.5. The summed E-state index contributed by atoms with van der Waals surface area (Å²) >= 11 is -1.72. The van der Waals surface area contributed by atoms with Crippen LogP contribution in [0.2, 0.25) is 0 Å². The third-order valence-corrected chi connectivity index (χ3v) is 17.2. The van der Waals surface area contributed by atoms with E-state index in [-0.39, 0.29) is 149 Å². The number of halogens is 8. The summed E-state index contributed by atoms with van der Waals surface area (Å²) in [4.78, 5) is 55.9. The number of Topliss-reactive ketones (excluding diaryl/α,β-unsaturated/α-hetero) is 1. The number of benzene rings is 11. The van der Waals surface area contributed by atoms with Crippen molar-refractivity contribution in [2.24, 2.45) is 0 Å². The molecular weight excluding hydrogens is 1650 g/mol. The zero-order valence-electron chi connectivity index (χ0n) is 57.1. The van der Waals surface area contributed by atoms with Gasteiger partial charge in [0.1, 0.15) is 104 Å². The molecule has 11 rings (SSSR count). The van der Waals surface area contributed by atoms with Crippen molar-refractivity contribution in [3.63, 3.8) is 0 Å². The van der Waals surface area contributed by atoms with E-state index in [1.165, 1.54) is 79.7 Å². The van der Waals surface area contributed by atoms with E-state index < -0.39 is 140 Å². The maximum atomic E-state index is 13.8. The van der Waals surface area contributed by atoms with Gasteiger partial charge in [0.15, 0.2) is 28.9 Å². The van der Waals surface area contributed by atoms with E-state index >= 15 is 0 Å². The Bertz CT molecular complexity index is 5190. The molecule has 0 aromatic heterocycles. The minimum Gasteiger partial charge on any atom is -0.744 e. The predicted octanol–water partition coefficient (Wildman–Crippen LogP) is 3.90. The van der Waals surface area contributed by atoms with Gasteiger partial charge in [0.25, 0.3) is 0 Å². The van der Waals surface area contributed by atoms with Crippen molar-refractivity contribution in [1.29, 1.82) is 0 Å². The third kappa shape index (κ3) is 30.7. The SMILES string of the molecule is C.CC(=O)c1ccc(F)cc1.O=C(c1ccc(F)c(S(=O)(=O)[O-])c1)c1ccc(Oc2ccc(C(=O)c3ccc(F)c(S(=O)(=O)[O-])c3)cc2S(=O)(=O)[O-])c(S(=O)(=O)[O-])c1.O=C(c1ccc(F)cc1)c1ccc(Oc2ccc(C(=O)c3ccc(F)cc3)cc2)cc1.[Cl][Al]([Cl])[Cl].[Na+].[Na+].[Na+].[Na+].c1ccc(Oc2ccccc2)cc1. The molecule has 110 heavy (non-hydrogen) atoms. The number of ketones is 5. The summed E-state index contributed by atoms with van der Waals surface area (Å²) < 4.78 is 222. The molecule has 0 aliphatic rings. The van der Waals surface area contributed by atoms with Crippen LogP contribution in [0.1, 0.15) is 88.4 Å². The van der Waals surface area contributed by atoms with Gasteiger partial charge in [-0.2, -0.15) is 0 Å². The van der Waals surface area contributed by atoms with Crippen LogP contribution in [0.3, 0.4) is 0 Å². The molecule has 11 aromatic carbocycles. The molecule has 11 aromatic rings. The van der Waals surface area contributed by atoms with Crippen molar-refractivity contribution in [3.05, 3.63) is 334 Å². The van der Waals surface area contributed by atoms with Crippen molar-refractivity contribution in [1.82, 2.24) is 0 Å². The van der Waals surface area contributed by atoms with Crippen LogP contribution in [-0.4, -0.2) is 92.2 Å². The molecule has 0 amide bonds. The maximum Gasteiger partial charge on any atom is 1.00 e. The minimum absolute atomic E-state index is 0. The van der Waals surface area contributed by atoms with Crippen LogP contribution in [-0.2, 0) is 40.5 Å². The summed E-state index contributed by atoms with van der Waals surface area (Å²) in [5.74, 6) is -6.08. The molecule has 0 saturated carbocycles. The van der Waals surface area contributed by atoms with E-state index in [1.54, 1.807) is 48.5 Å². The van der Waals surface area contributed by atoms with Crippen LogP contribution < -0.4 is 132 Å². The van der Waals surface area contributed by atoms with E-state index in [0.29, 0.717) is 87.8 Å². The van der Waals surface area contributed by atoms with E-state index in [1.807, 2.05) is 60.7 Å². The number of hydrogen-bond donors (Lipinski definition) is 0. The molecule has 0 aliphatic heterocycles. The summed E-state index contributed by atoms with van der Waals surface area (Å²) in [6.07, 6.45) is 0. The molecular formula is C73H49AlCl3F5Na4O20S4. The zero-order chi connectivity index (χ0) is 77.1. The van der Waals surface area contributed by atoms with Crippen molar-refractivity contribution < 1.29 is 230 Å². The molecule has 0 radical (unpaired) electrons. The van der Waals surface area contributed by atoms with Gasteiger partial charge in [-0.05, 0) is 225 Å². The number of rotatable bonds is 19. The Morgan fingerprint density at radius 2 is 0.509 bits per heavy atom. The summed E-state index contributed by atoms with van der Waals surface area (Å²) in [5, 5.41) is 0. The van der Waals surface area contributed by atoms with Crippen LogP contribution >= 0.6 is 30.1 Å². The number of para-hydroxylation sites is 2. The number of carbonyl (C=O) groups is 5. The van der Waals surface area contributed by atoms with Gasteiger partial charge in [0.05, 0.1) is 19.6 Å². The minimum atomic E-state index is -5.58. The molecule has 548 valence electrons. The number of carbonyl (C=O) groups excluding carboxylic acids is 5. The van der Waals surface area contributed by atoms with Gasteiger partial charge in [-0.25, -0.2) is 85.8 Å². The van der Waals surface area contributed by atoms with Crippen LogP contribution in [0.4, 0.5) is 22.0 Å². The molecule has 0 atom stereocenters. The first kappa shape index (κ1) is 99.9. The summed E-state index contributed by atoms with van der Waals surface area (Å²) in [6, 6.07) is 55.9. The largest absolute Gasteiger partial charge is 1.00 e. The first-order valence-corrected chi connectivity index (χ1v) is 40.2. The van der Waals surface area contributed by atoms with Crippen LogP contribution in [0.5, 0.6) is 34.5 Å². The molecule has 0 heterocycles. The molecule has 20 nitrogen and oxygen atoms in total. The number of hydrogen-bond acceptors (Lipinski definition) is 20. The molecule has 0 spiro atoms. The van der Waals surface area contributed by atoms with Gasteiger partial charge in [-0.1, -0.05) is 43.8 Å². The van der Waals surface area contributed by atoms with Gasteiger partial charge in [0, 0.05) is 50.1 Å². The van der Waals surface area contributed by atoms with Gasteiger partial charge in [0.2, 0.25) is 0 Å². The summed E-state index contributed by atoms with van der Waals surface area (Å²) in [6.45, 7) is 1.45.